The number of phenols is 1. The smallest absolute Gasteiger partial charge is 0.412 e. The van der Waals surface area contributed by atoms with Crippen molar-refractivity contribution < 1.29 is 14.6 Å². The third kappa shape index (κ3) is 6.88. The molecule has 38 heavy (non-hydrogen) atoms. The molecular weight excluding hydrogens is 474 g/mol. The molecule has 1 amide bonds. The third-order valence-corrected chi connectivity index (χ3v) is 6.92. The quantitative estimate of drug-likeness (QED) is 0.169. The number of benzene rings is 3. The highest BCUT2D eigenvalue weighted by Gasteiger charge is 2.17. The van der Waals surface area contributed by atoms with Crippen LogP contribution in [-0.2, 0) is 12.8 Å². The SMILES string of the molecule is CCCNC(=O)Oc1ccc2[nH]c(NCC(CCc3ccc(O)cc3)c3cc(C)cc(C)c3)c(CC)c2c1. The summed E-state index contributed by atoms with van der Waals surface area (Å²) in [5.74, 6) is 2.14. The molecule has 4 rings (SSSR count). The number of amides is 1. The molecule has 6 nitrogen and oxygen atoms in total. The summed E-state index contributed by atoms with van der Waals surface area (Å²) in [6.07, 6.45) is 3.18. The van der Waals surface area contributed by atoms with Gasteiger partial charge < -0.3 is 25.5 Å². The average molecular weight is 514 g/mol. The lowest BCUT2D eigenvalue weighted by molar-refractivity contribution is 0.200. The van der Waals surface area contributed by atoms with Crippen LogP contribution in [0, 0.1) is 13.8 Å². The number of aryl methyl sites for hydroxylation is 4. The minimum Gasteiger partial charge on any atom is -0.508 e. The van der Waals surface area contributed by atoms with Gasteiger partial charge in [0.2, 0.25) is 0 Å². The molecular formula is C32H39N3O3. The van der Waals surface area contributed by atoms with Crippen LogP contribution in [0.5, 0.6) is 11.5 Å². The average Bonchev–Trinajstić information content (AvgIpc) is 3.24. The first-order valence-corrected chi connectivity index (χ1v) is 13.6. The highest BCUT2D eigenvalue weighted by molar-refractivity contribution is 5.90. The summed E-state index contributed by atoms with van der Waals surface area (Å²) in [4.78, 5) is 15.6. The Kier molecular flexibility index (Phi) is 8.95. The Balaban J connectivity index is 1.54. The van der Waals surface area contributed by atoms with E-state index in [1.807, 2.05) is 37.3 Å². The predicted octanol–water partition coefficient (Wildman–Crippen LogP) is 7.38. The van der Waals surface area contributed by atoms with Crippen LogP contribution in [0.15, 0.2) is 60.7 Å². The van der Waals surface area contributed by atoms with Gasteiger partial charge in [-0.1, -0.05) is 55.3 Å². The van der Waals surface area contributed by atoms with Crippen molar-refractivity contribution in [1.82, 2.24) is 10.3 Å². The molecule has 0 radical (unpaired) electrons. The second-order valence-electron chi connectivity index (χ2n) is 10.1. The number of nitrogens with one attached hydrogen (secondary N) is 3. The van der Waals surface area contributed by atoms with Crippen LogP contribution in [0.2, 0.25) is 0 Å². The van der Waals surface area contributed by atoms with Crippen molar-refractivity contribution in [3.8, 4) is 11.5 Å². The van der Waals surface area contributed by atoms with Crippen LogP contribution in [0.1, 0.15) is 60.4 Å². The number of ether oxygens (including phenoxy) is 1. The fraction of sp³-hybridized carbons (Fsp3) is 0.344. The molecule has 3 aromatic carbocycles. The van der Waals surface area contributed by atoms with Gasteiger partial charge in [0.05, 0.1) is 0 Å². The lowest BCUT2D eigenvalue weighted by Crippen LogP contribution is -2.27. The lowest BCUT2D eigenvalue weighted by atomic mass is 9.90. The number of H-pyrrole nitrogens is 1. The minimum absolute atomic E-state index is 0.294. The van der Waals surface area contributed by atoms with Crippen molar-refractivity contribution >= 4 is 22.8 Å². The Morgan fingerprint density at radius 2 is 1.74 bits per heavy atom. The normalized spacial score (nSPS) is 11.9. The maximum Gasteiger partial charge on any atom is 0.412 e. The number of phenolic OH excluding ortho intramolecular Hbond substituents is 1. The van der Waals surface area contributed by atoms with E-state index >= 15 is 0 Å². The number of aromatic hydroxyl groups is 1. The number of carbonyl (C=O) groups excluding carboxylic acids is 1. The number of aromatic amines is 1. The largest absolute Gasteiger partial charge is 0.508 e. The van der Waals surface area contributed by atoms with Gasteiger partial charge in [-0.05, 0) is 81.0 Å². The molecule has 0 aliphatic heterocycles. The number of anilines is 1. The predicted molar refractivity (Wildman–Crippen MR) is 156 cm³/mol. The second-order valence-corrected chi connectivity index (χ2v) is 10.1. The third-order valence-electron chi connectivity index (χ3n) is 6.92. The van der Waals surface area contributed by atoms with E-state index in [0.717, 1.165) is 48.9 Å². The standard InChI is InChI=1S/C32H39N3O3/c1-5-15-33-32(37)38-27-13-14-30-29(19-27)28(6-2)31(35-30)34-20-24(25-17-21(3)16-22(4)18-25)10-7-23-8-11-26(36)12-9-23/h8-9,11-14,16-19,24,34-36H,5-7,10,15,20H2,1-4H3,(H,33,37). The topological polar surface area (TPSA) is 86.4 Å². The molecule has 0 bridgehead atoms. The molecule has 0 fully saturated rings. The van der Waals surface area contributed by atoms with E-state index in [0.29, 0.717) is 24.0 Å². The van der Waals surface area contributed by atoms with Gasteiger partial charge in [-0.2, -0.15) is 0 Å². The molecule has 1 aromatic heterocycles. The zero-order valence-electron chi connectivity index (χ0n) is 22.9. The summed E-state index contributed by atoms with van der Waals surface area (Å²) in [6.45, 7) is 9.82. The molecule has 4 aromatic rings. The summed E-state index contributed by atoms with van der Waals surface area (Å²) >= 11 is 0. The monoisotopic (exact) mass is 513 g/mol. The molecule has 1 heterocycles. The van der Waals surface area contributed by atoms with Crippen molar-refractivity contribution in [3.63, 3.8) is 0 Å². The maximum atomic E-state index is 12.0. The van der Waals surface area contributed by atoms with Crippen LogP contribution in [-0.4, -0.2) is 29.3 Å². The van der Waals surface area contributed by atoms with Crippen LogP contribution < -0.4 is 15.4 Å². The molecule has 0 aliphatic carbocycles. The fourth-order valence-corrected chi connectivity index (χ4v) is 5.04. The van der Waals surface area contributed by atoms with Crippen molar-refractivity contribution in [2.45, 2.75) is 59.3 Å². The van der Waals surface area contributed by atoms with Crippen LogP contribution in [0.4, 0.5) is 10.6 Å². The van der Waals surface area contributed by atoms with E-state index < -0.39 is 6.09 Å². The minimum atomic E-state index is -0.428. The van der Waals surface area contributed by atoms with Gasteiger partial charge in [-0.15, -0.1) is 0 Å². The van der Waals surface area contributed by atoms with Crippen molar-refractivity contribution in [3.05, 3.63) is 88.5 Å². The molecule has 4 N–H and O–H groups in total. The van der Waals surface area contributed by atoms with E-state index in [1.165, 1.54) is 27.8 Å². The van der Waals surface area contributed by atoms with Gasteiger partial charge in [0.25, 0.3) is 0 Å². The summed E-state index contributed by atoms with van der Waals surface area (Å²) in [6, 6.07) is 20.0. The summed E-state index contributed by atoms with van der Waals surface area (Å²) in [5.41, 5.74) is 7.27. The molecule has 0 saturated heterocycles. The molecule has 0 aliphatic rings. The van der Waals surface area contributed by atoms with E-state index in [9.17, 15) is 9.90 Å². The number of carbonyl (C=O) groups is 1. The Labute approximate surface area is 225 Å². The van der Waals surface area contributed by atoms with Crippen molar-refractivity contribution in [2.24, 2.45) is 0 Å². The van der Waals surface area contributed by atoms with Gasteiger partial charge in [0.1, 0.15) is 17.3 Å². The zero-order valence-corrected chi connectivity index (χ0v) is 22.9. The van der Waals surface area contributed by atoms with Gasteiger partial charge in [-0.3, -0.25) is 0 Å². The van der Waals surface area contributed by atoms with Gasteiger partial charge in [0.15, 0.2) is 0 Å². The fourth-order valence-electron chi connectivity index (χ4n) is 5.04. The maximum absolute atomic E-state index is 12.0. The lowest BCUT2D eigenvalue weighted by Gasteiger charge is -2.20. The van der Waals surface area contributed by atoms with E-state index in [1.54, 1.807) is 12.1 Å². The molecule has 0 spiro atoms. The van der Waals surface area contributed by atoms with E-state index in [4.69, 9.17) is 4.74 Å². The Morgan fingerprint density at radius 3 is 2.42 bits per heavy atom. The summed E-state index contributed by atoms with van der Waals surface area (Å²) in [5, 5.41) is 17.2. The van der Waals surface area contributed by atoms with Gasteiger partial charge in [0, 0.05) is 35.5 Å². The van der Waals surface area contributed by atoms with Crippen LogP contribution in [0.25, 0.3) is 10.9 Å². The van der Waals surface area contributed by atoms with E-state index in [2.05, 4.69) is 54.6 Å². The van der Waals surface area contributed by atoms with Crippen molar-refractivity contribution in [2.75, 3.05) is 18.4 Å². The number of hydrogen-bond donors (Lipinski definition) is 4. The molecule has 1 atom stereocenters. The highest BCUT2D eigenvalue weighted by Crippen LogP contribution is 2.32. The van der Waals surface area contributed by atoms with Crippen molar-refractivity contribution in [1.29, 1.82) is 0 Å². The molecule has 0 saturated carbocycles. The van der Waals surface area contributed by atoms with Gasteiger partial charge in [-0.25, -0.2) is 4.79 Å². The first kappa shape index (κ1) is 27.1. The second kappa shape index (κ2) is 12.5. The first-order valence-electron chi connectivity index (χ1n) is 13.6. The summed E-state index contributed by atoms with van der Waals surface area (Å²) in [7, 11) is 0. The zero-order chi connectivity index (χ0) is 27.1. The number of hydrogen-bond acceptors (Lipinski definition) is 4. The highest BCUT2D eigenvalue weighted by atomic mass is 16.6. The van der Waals surface area contributed by atoms with Crippen LogP contribution in [0.3, 0.4) is 0 Å². The van der Waals surface area contributed by atoms with Gasteiger partial charge >= 0.3 is 6.09 Å². The Bertz CT molecular complexity index is 1350. The number of aromatic nitrogens is 1. The number of rotatable bonds is 11. The Hall–Kier alpha value is -3.93. The molecule has 200 valence electrons. The molecule has 6 heteroatoms. The van der Waals surface area contributed by atoms with E-state index in [-0.39, 0.29) is 0 Å². The summed E-state index contributed by atoms with van der Waals surface area (Å²) < 4.78 is 5.49. The van der Waals surface area contributed by atoms with Crippen LogP contribution >= 0.6 is 0 Å². The molecule has 1 unspecified atom stereocenters. The number of fused-ring (bicyclic) bond motifs is 1. The Morgan fingerprint density at radius 1 is 1.00 bits per heavy atom. The first-order chi connectivity index (χ1) is 18.4.